The van der Waals surface area contributed by atoms with E-state index >= 15 is 0 Å². The summed E-state index contributed by atoms with van der Waals surface area (Å²) < 4.78 is 0. The quantitative estimate of drug-likeness (QED) is 0.803. The van der Waals surface area contributed by atoms with Crippen LogP contribution in [0.5, 0.6) is 0 Å². The summed E-state index contributed by atoms with van der Waals surface area (Å²) in [5.74, 6) is -0.115. The van der Waals surface area contributed by atoms with Crippen molar-refractivity contribution >= 4 is 5.91 Å². The lowest BCUT2D eigenvalue weighted by atomic mass is 10.3. The van der Waals surface area contributed by atoms with Gasteiger partial charge < -0.3 is 15.1 Å². The van der Waals surface area contributed by atoms with Crippen LogP contribution in [0.4, 0.5) is 0 Å². The van der Waals surface area contributed by atoms with Crippen LogP contribution >= 0.6 is 0 Å². The van der Waals surface area contributed by atoms with Crippen molar-refractivity contribution in [2.24, 2.45) is 0 Å². The molecule has 0 atom stereocenters. The lowest BCUT2D eigenvalue weighted by Gasteiger charge is -2.19. The molecule has 1 aromatic heterocycles. The molecule has 1 saturated heterocycles. The molecule has 2 rings (SSSR count). The second kappa shape index (κ2) is 8.05. The van der Waals surface area contributed by atoms with Gasteiger partial charge in [0.1, 0.15) is 12.0 Å². The maximum Gasteiger partial charge on any atom is 0.270 e. The van der Waals surface area contributed by atoms with Crippen molar-refractivity contribution in [2.75, 3.05) is 46.3 Å². The minimum absolute atomic E-state index is 0.115. The van der Waals surface area contributed by atoms with Crippen LogP contribution in [0.2, 0.25) is 0 Å². The van der Waals surface area contributed by atoms with Crippen LogP contribution in [0.3, 0.4) is 0 Å². The van der Waals surface area contributed by atoms with Crippen LogP contribution in [0.25, 0.3) is 0 Å². The number of amides is 1. The van der Waals surface area contributed by atoms with Crippen molar-refractivity contribution in [2.45, 2.75) is 19.8 Å². The zero-order valence-electron chi connectivity index (χ0n) is 13.0. The minimum atomic E-state index is -0.115. The molecule has 6 nitrogen and oxygen atoms in total. The van der Waals surface area contributed by atoms with Crippen molar-refractivity contribution in [1.29, 1.82) is 0 Å². The molecule has 0 saturated carbocycles. The average molecular weight is 291 g/mol. The lowest BCUT2D eigenvalue weighted by Crippen LogP contribution is -2.32. The third kappa shape index (κ3) is 5.40. The van der Waals surface area contributed by atoms with Gasteiger partial charge in [0, 0.05) is 25.3 Å². The smallest absolute Gasteiger partial charge is 0.270 e. The van der Waals surface area contributed by atoms with Crippen molar-refractivity contribution < 1.29 is 4.79 Å². The van der Waals surface area contributed by atoms with Gasteiger partial charge in [-0.05, 0) is 52.5 Å². The molecule has 21 heavy (non-hydrogen) atoms. The SMILES string of the molecule is Cc1cc(C(=O)NCCCN2CCCN(C)CC2)ncn1. The van der Waals surface area contributed by atoms with Gasteiger partial charge in [-0.25, -0.2) is 9.97 Å². The molecule has 1 amide bonds. The predicted molar refractivity (Wildman–Crippen MR) is 82.3 cm³/mol. The Hall–Kier alpha value is -1.53. The van der Waals surface area contributed by atoms with Gasteiger partial charge in [-0.1, -0.05) is 0 Å². The summed E-state index contributed by atoms with van der Waals surface area (Å²) in [7, 11) is 2.17. The Morgan fingerprint density at radius 3 is 2.95 bits per heavy atom. The van der Waals surface area contributed by atoms with E-state index < -0.39 is 0 Å². The van der Waals surface area contributed by atoms with E-state index in [1.807, 2.05) is 6.92 Å². The third-order valence-corrected chi connectivity index (χ3v) is 3.79. The first-order valence-corrected chi connectivity index (χ1v) is 7.63. The van der Waals surface area contributed by atoms with Crippen molar-refractivity contribution in [1.82, 2.24) is 25.1 Å². The Balaban J connectivity index is 1.66. The fraction of sp³-hybridized carbons (Fsp3) is 0.667. The van der Waals surface area contributed by atoms with Gasteiger partial charge in [-0.3, -0.25) is 4.79 Å². The molecule has 116 valence electrons. The Kier molecular flexibility index (Phi) is 6.07. The molecule has 1 aliphatic rings. The fourth-order valence-electron chi connectivity index (χ4n) is 2.50. The molecule has 2 heterocycles. The number of hydrogen-bond donors (Lipinski definition) is 1. The van der Waals surface area contributed by atoms with Gasteiger partial charge in [0.25, 0.3) is 5.91 Å². The molecule has 0 aromatic carbocycles. The van der Waals surface area contributed by atoms with Crippen LogP contribution in [-0.2, 0) is 0 Å². The molecule has 0 bridgehead atoms. The normalized spacial score (nSPS) is 17.4. The molecule has 1 aromatic rings. The largest absolute Gasteiger partial charge is 0.351 e. The summed E-state index contributed by atoms with van der Waals surface area (Å²) in [6, 6.07) is 1.71. The number of likely N-dealkylation sites (N-methyl/N-ethyl adjacent to an activating group) is 1. The second-order valence-electron chi connectivity index (χ2n) is 5.65. The van der Waals surface area contributed by atoms with Crippen LogP contribution in [0, 0.1) is 6.92 Å². The molecular weight excluding hydrogens is 266 g/mol. The summed E-state index contributed by atoms with van der Waals surface area (Å²) in [6.07, 6.45) is 3.63. The van der Waals surface area contributed by atoms with Crippen LogP contribution < -0.4 is 5.32 Å². The van der Waals surface area contributed by atoms with Crippen LogP contribution in [0.1, 0.15) is 29.0 Å². The topological polar surface area (TPSA) is 61.4 Å². The number of carbonyl (C=O) groups excluding carboxylic acids is 1. The van der Waals surface area contributed by atoms with E-state index in [1.165, 1.54) is 19.3 Å². The Labute approximate surface area is 126 Å². The minimum Gasteiger partial charge on any atom is -0.351 e. The summed E-state index contributed by atoms with van der Waals surface area (Å²) in [5, 5.41) is 2.92. The Morgan fingerprint density at radius 2 is 2.14 bits per heavy atom. The first-order valence-electron chi connectivity index (χ1n) is 7.63. The van der Waals surface area contributed by atoms with Gasteiger partial charge in [0.2, 0.25) is 0 Å². The van der Waals surface area contributed by atoms with E-state index in [2.05, 4.69) is 32.1 Å². The van der Waals surface area contributed by atoms with E-state index in [9.17, 15) is 4.79 Å². The van der Waals surface area contributed by atoms with Gasteiger partial charge in [-0.2, -0.15) is 0 Å². The Morgan fingerprint density at radius 1 is 1.29 bits per heavy atom. The molecule has 0 radical (unpaired) electrons. The highest BCUT2D eigenvalue weighted by atomic mass is 16.1. The van der Waals surface area contributed by atoms with Gasteiger partial charge in [-0.15, -0.1) is 0 Å². The molecule has 0 aliphatic carbocycles. The molecule has 1 aliphatic heterocycles. The predicted octanol–water partition coefficient (Wildman–Crippen LogP) is 0.542. The summed E-state index contributed by atoms with van der Waals surface area (Å²) in [5.41, 5.74) is 1.25. The highest BCUT2D eigenvalue weighted by molar-refractivity contribution is 5.92. The van der Waals surface area contributed by atoms with E-state index in [-0.39, 0.29) is 5.91 Å². The number of hydrogen-bond acceptors (Lipinski definition) is 5. The number of nitrogens with one attached hydrogen (secondary N) is 1. The number of nitrogens with zero attached hydrogens (tertiary/aromatic N) is 4. The maximum atomic E-state index is 11.9. The highest BCUT2D eigenvalue weighted by Gasteiger charge is 2.12. The lowest BCUT2D eigenvalue weighted by molar-refractivity contribution is 0.0946. The zero-order chi connectivity index (χ0) is 15.1. The monoisotopic (exact) mass is 291 g/mol. The number of aryl methyl sites for hydroxylation is 1. The van der Waals surface area contributed by atoms with Crippen molar-refractivity contribution in [3.8, 4) is 0 Å². The zero-order valence-corrected chi connectivity index (χ0v) is 13.0. The highest BCUT2D eigenvalue weighted by Crippen LogP contribution is 2.02. The average Bonchev–Trinajstić information content (AvgIpc) is 2.68. The maximum absolute atomic E-state index is 11.9. The molecule has 6 heteroatoms. The molecule has 1 fully saturated rings. The summed E-state index contributed by atoms with van der Waals surface area (Å²) in [4.78, 5) is 24.8. The third-order valence-electron chi connectivity index (χ3n) is 3.79. The number of carbonyl (C=O) groups is 1. The second-order valence-corrected chi connectivity index (χ2v) is 5.65. The van der Waals surface area contributed by atoms with E-state index in [1.54, 1.807) is 6.07 Å². The summed E-state index contributed by atoms with van der Waals surface area (Å²) in [6.45, 7) is 8.17. The van der Waals surface area contributed by atoms with Gasteiger partial charge >= 0.3 is 0 Å². The fourth-order valence-corrected chi connectivity index (χ4v) is 2.50. The van der Waals surface area contributed by atoms with E-state index in [4.69, 9.17) is 0 Å². The first kappa shape index (κ1) is 15.9. The molecular formula is C15H25N5O. The number of rotatable bonds is 5. The molecule has 0 spiro atoms. The number of aromatic nitrogens is 2. The van der Waals surface area contributed by atoms with E-state index in [0.29, 0.717) is 12.2 Å². The van der Waals surface area contributed by atoms with Crippen molar-refractivity contribution in [3.05, 3.63) is 23.8 Å². The van der Waals surface area contributed by atoms with Crippen molar-refractivity contribution in [3.63, 3.8) is 0 Å². The Bertz CT molecular complexity index is 465. The molecule has 0 unspecified atom stereocenters. The first-order chi connectivity index (χ1) is 10.1. The van der Waals surface area contributed by atoms with Crippen LogP contribution in [0.15, 0.2) is 12.4 Å². The summed E-state index contributed by atoms with van der Waals surface area (Å²) >= 11 is 0. The molecule has 1 N–H and O–H groups in total. The standard InChI is InChI=1S/C15H25N5O/c1-13-11-14(18-12-17-13)15(21)16-5-3-7-20-8-4-6-19(2)9-10-20/h11-12H,3-10H2,1-2H3,(H,16,21). The van der Waals surface area contributed by atoms with Crippen LogP contribution in [-0.4, -0.2) is 72.0 Å². The van der Waals surface area contributed by atoms with Gasteiger partial charge in [0.15, 0.2) is 0 Å². The van der Waals surface area contributed by atoms with Gasteiger partial charge in [0.05, 0.1) is 0 Å². The van der Waals surface area contributed by atoms with E-state index in [0.717, 1.165) is 38.3 Å².